The van der Waals surface area contributed by atoms with E-state index >= 15 is 0 Å². The summed E-state index contributed by atoms with van der Waals surface area (Å²) in [4.78, 5) is 72.7. The summed E-state index contributed by atoms with van der Waals surface area (Å²) in [6, 6.07) is 0. The zero-order valence-electron chi connectivity index (χ0n) is 60.2. The molecule has 3 unspecified atom stereocenters. The van der Waals surface area contributed by atoms with Crippen molar-refractivity contribution in [3.05, 3.63) is 0 Å². The largest absolute Gasteiger partial charge is 0.472 e. The van der Waals surface area contributed by atoms with Crippen LogP contribution in [0.3, 0.4) is 0 Å². The number of esters is 4. The van der Waals surface area contributed by atoms with Crippen LogP contribution in [0.1, 0.15) is 364 Å². The van der Waals surface area contributed by atoms with E-state index in [2.05, 4.69) is 55.4 Å². The summed E-state index contributed by atoms with van der Waals surface area (Å²) in [5.41, 5.74) is 0. The summed E-state index contributed by atoms with van der Waals surface area (Å²) in [5.74, 6) is 0.880. The molecular weight excluding hydrogens is 1210 g/mol. The molecule has 3 N–H and O–H groups in total. The van der Waals surface area contributed by atoms with E-state index in [0.29, 0.717) is 25.7 Å². The van der Waals surface area contributed by atoms with Gasteiger partial charge in [0.05, 0.1) is 26.4 Å². The van der Waals surface area contributed by atoms with Crippen molar-refractivity contribution in [1.29, 1.82) is 0 Å². The SMILES string of the molecule is CC(C)CCCCCCCCCCCCCCCC(=O)OC[C@H](COP(=O)(O)OCC(O)COP(=O)(O)OC[C@@H](COC(=O)CCCCCCCCCCC(C)C)OC(=O)CCCCCCCCCCCCC(C)C)OC(=O)CCCCCCCCCCCC(C)C. The van der Waals surface area contributed by atoms with Crippen molar-refractivity contribution in [3.8, 4) is 0 Å². The molecule has 0 aliphatic carbocycles. The first-order valence-corrected chi connectivity index (χ1v) is 40.7. The Kier molecular flexibility index (Phi) is 61.3. The third-order valence-electron chi connectivity index (χ3n) is 16.8. The fourth-order valence-electron chi connectivity index (χ4n) is 11.0. The van der Waals surface area contributed by atoms with E-state index in [1.54, 1.807) is 0 Å². The van der Waals surface area contributed by atoms with Gasteiger partial charge in [0, 0.05) is 25.7 Å². The van der Waals surface area contributed by atoms with Crippen molar-refractivity contribution in [3.63, 3.8) is 0 Å². The molecule has 0 spiro atoms. The molecule has 0 aliphatic rings. The smallest absolute Gasteiger partial charge is 0.462 e. The van der Waals surface area contributed by atoms with Gasteiger partial charge < -0.3 is 33.8 Å². The Morgan fingerprint density at radius 2 is 0.457 bits per heavy atom. The number of hydrogen-bond acceptors (Lipinski definition) is 15. The molecule has 0 saturated heterocycles. The monoisotopic (exact) mass is 1350 g/mol. The lowest BCUT2D eigenvalue weighted by Crippen LogP contribution is -2.30. The predicted molar refractivity (Wildman–Crippen MR) is 372 cm³/mol. The number of rotatable bonds is 70. The van der Waals surface area contributed by atoms with Crippen molar-refractivity contribution in [2.45, 2.75) is 382 Å². The summed E-state index contributed by atoms with van der Waals surface area (Å²) in [7, 11) is -9.91. The van der Waals surface area contributed by atoms with Crippen molar-refractivity contribution in [1.82, 2.24) is 0 Å². The van der Waals surface area contributed by atoms with Gasteiger partial charge in [-0.1, -0.05) is 312 Å². The van der Waals surface area contributed by atoms with Crippen LogP contribution >= 0.6 is 15.6 Å². The molecule has 92 heavy (non-hydrogen) atoms. The van der Waals surface area contributed by atoms with E-state index < -0.39 is 97.5 Å². The molecule has 17 nitrogen and oxygen atoms in total. The fraction of sp³-hybridized carbons (Fsp3) is 0.945. The third-order valence-corrected chi connectivity index (χ3v) is 18.7. The van der Waals surface area contributed by atoms with Gasteiger partial charge in [0.25, 0.3) is 0 Å². The molecule has 0 radical (unpaired) electrons. The Morgan fingerprint density at radius 3 is 0.674 bits per heavy atom. The van der Waals surface area contributed by atoms with Gasteiger partial charge in [-0.25, -0.2) is 9.13 Å². The quantitative estimate of drug-likeness (QED) is 0.0222. The first-order valence-electron chi connectivity index (χ1n) is 37.7. The first-order chi connectivity index (χ1) is 44.1. The fourth-order valence-corrected chi connectivity index (χ4v) is 12.6. The summed E-state index contributed by atoms with van der Waals surface area (Å²) < 4.78 is 68.4. The molecule has 0 aromatic heterocycles. The number of hydrogen-bond donors (Lipinski definition) is 3. The van der Waals surface area contributed by atoms with E-state index in [-0.39, 0.29) is 25.7 Å². The molecule has 0 aliphatic heterocycles. The highest BCUT2D eigenvalue weighted by Crippen LogP contribution is 2.45. The molecule has 0 bridgehead atoms. The number of aliphatic hydroxyl groups is 1. The van der Waals surface area contributed by atoms with Crippen molar-refractivity contribution in [2.75, 3.05) is 39.6 Å². The summed E-state index contributed by atoms with van der Waals surface area (Å²) in [6.07, 6.45) is 45.8. The Hall–Kier alpha value is -1.94. The van der Waals surface area contributed by atoms with Crippen LogP contribution in [0.25, 0.3) is 0 Å². The molecule has 19 heteroatoms. The second kappa shape index (κ2) is 62.6. The van der Waals surface area contributed by atoms with E-state index in [0.717, 1.165) is 114 Å². The Morgan fingerprint density at radius 1 is 0.272 bits per heavy atom. The molecular formula is C73H142O17P2. The minimum atomic E-state index is -4.95. The van der Waals surface area contributed by atoms with Crippen LogP contribution in [0, 0.1) is 23.7 Å². The summed E-state index contributed by atoms with van der Waals surface area (Å²) >= 11 is 0. The van der Waals surface area contributed by atoms with Gasteiger partial charge in [0.1, 0.15) is 19.3 Å². The highest BCUT2D eigenvalue weighted by molar-refractivity contribution is 7.47. The molecule has 0 heterocycles. The first kappa shape index (κ1) is 90.1. The number of carbonyl (C=O) groups is 4. The van der Waals surface area contributed by atoms with Crippen LogP contribution < -0.4 is 0 Å². The maximum atomic E-state index is 13.0. The van der Waals surface area contributed by atoms with Crippen LogP contribution in [-0.2, 0) is 65.4 Å². The van der Waals surface area contributed by atoms with E-state index in [1.807, 2.05) is 0 Å². The van der Waals surface area contributed by atoms with Crippen LogP contribution in [-0.4, -0.2) is 96.7 Å². The lowest BCUT2D eigenvalue weighted by atomic mass is 10.0. The molecule has 0 saturated carbocycles. The molecule has 0 aromatic rings. The highest BCUT2D eigenvalue weighted by Gasteiger charge is 2.30. The number of unbranched alkanes of at least 4 members (excludes halogenated alkanes) is 36. The van der Waals surface area contributed by atoms with E-state index in [9.17, 15) is 43.2 Å². The number of carbonyl (C=O) groups excluding carboxylic acids is 4. The number of phosphoric acid groups is 2. The molecule has 5 atom stereocenters. The number of aliphatic hydroxyl groups excluding tert-OH is 1. The third kappa shape index (κ3) is 66.7. The van der Waals surface area contributed by atoms with Crippen LogP contribution in [0.4, 0.5) is 0 Å². The van der Waals surface area contributed by atoms with E-state index in [4.69, 9.17) is 37.0 Å². The topological polar surface area (TPSA) is 237 Å². The van der Waals surface area contributed by atoms with Crippen LogP contribution in [0.2, 0.25) is 0 Å². The lowest BCUT2D eigenvalue weighted by molar-refractivity contribution is -0.161. The standard InChI is InChI=1S/C73H142O17P2/c1-63(2)49-41-33-25-17-12-10-9-11-13-20-29-37-45-53-70(75)83-59-68(90-73(78)56-48-40-32-22-16-19-27-35-43-51-65(5)6)61-87-91(79,80)85-57-67(74)58-86-92(81,82)88-62-69(60-84-71(76)54-46-38-30-24-23-28-36-44-52-66(7)8)89-72(77)55-47-39-31-21-15-14-18-26-34-42-50-64(3)4/h63-69,74H,9-62H2,1-8H3,(H,79,80)(H,81,82)/t67?,68-,69-/m1/s1. The summed E-state index contributed by atoms with van der Waals surface area (Å²) in [5, 5.41) is 10.6. The Labute approximate surface area is 562 Å². The maximum absolute atomic E-state index is 13.0. The summed E-state index contributed by atoms with van der Waals surface area (Å²) in [6.45, 7) is 14.1. The van der Waals surface area contributed by atoms with Crippen LogP contribution in [0.5, 0.6) is 0 Å². The molecule has 546 valence electrons. The maximum Gasteiger partial charge on any atom is 0.472 e. The van der Waals surface area contributed by atoms with Gasteiger partial charge in [-0.3, -0.25) is 37.3 Å². The zero-order chi connectivity index (χ0) is 68.2. The van der Waals surface area contributed by atoms with Gasteiger partial charge in [0.15, 0.2) is 12.2 Å². The minimum Gasteiger partial charge on any atom is -0.462 e. The molecule has 0 aromatic carbocycles. The Balaban J connectivity index is 5.25. The van der Waals surface area contributed by atoms with Gasteiger partial charge in [0.2, 0.25) is 0 Å². The molecule has 0 fully saturated rings. The number of ether oxygens (including phenoxy) is 4. The normalized spacial score (nSPS) is 14.2. The minimum absolute atomic E-state index is 0.105. The van der Waals surface area contributed by atoms with Gasteiger partial charge in [-0.05, 0) is 49.4 Å². The Bertz CT molecular complexity index is 1820. The predicted octanol–water partition coefficient (Wildman–Crippen LogP) is 20.9. The van der Waals surface area contributed by atoms with Gasteiger partial charge in [-0.15, -0.1) is 0 Å². The molecule has 0 rings (SSSR count). The lowest BCUT2D eigenvalue weighted by Gasteiger charge is -2.21. The molecule has 0 amide bonds. The average Bonchev–Trinajstić information content (AvgIpc) is 3.15. The van der Waals surface area contributed by atoms with Crippen molar-refractivity contribution in [2.24, 2.45) is 23.7 Å². The second-order valence-corrected chi connectivity index (χ2v) is 31.1. The van der Waals surface area contributed by atoms with Crippen molar-refractivity contribution < 1.29 is 80.2 Å². The van der Waals surface area contributed by atoms with Gasteiger partial charge in [-0.2, -0.15) is 0 Å². The highest BCUT2D eigenvalue weighted by atomic mass is 31.2. The average molecular weight is 1350 g/mol. The second-order valence-electron chi connectivity index (χ2n) is 28.2. The van der Waals surface area contributed by atoms with Crippen molar-refractivity contribution >= 4 is 39.5 Å². The number of phosphoric ester groups is 2. The van der Waals surface area contributed by atoms with Gasteiger partial charge >= 0.3 is 39.5 Å². The van der Waals surface area contributed by atoms with Crippen LogP contribution in [0.15, 0.2) is 0 Å². The zero-order valence-corrected chi connectivity index (χ0v) is 62.0. The van der Waals surface area contributed by atoms with E-state index in [1.165, 1.54) is 167 Å².